The van der Waals surface area contributed by atoms with Gasteiger partial charge in [0.25, 0.3) is 5.91 Å². The molecule has 8 nitrogen and oxygen atoms in total. The molecule has 3 aromatic heterocycles. The Kier molecular flexibility index (Phi) is 6.31. The summed E-state index contributed by atoms with van der Waals surface area (Å²) in [5, 5.41) is 19.8. The van der Waals surface area contributed by atoms with E-state index < -0.39 is 17.7 Å². The van der Waals surface area contributed by atoms with Crippen molar-refractivity contribution in [3.05, 3.63) is 42.0 Å². The highest BCUT2D eigenvalue weighted by atomic mass is 19.1. The second-order valence-corrected chi connectivity index (χ2v) is 7.83. The van der Waals surface area contributed by atoms with Gasteiger partial charge in [-0.1, -0.05) is 6.92 Å². The third-order valence-corrected chi connectivity index (χ3v) is 4.68. The number of rotatable bonds is 8. The number of alkyl halides is 1. The number of carbonyl (C=O) groups is 1. The van der Waals surface area contributed by atoms with Gasteiger partial charge < -0.3 is 15.7 Å². The first-order valence-corrected chi connectivity index (χ1v) is 9.89. The van der Waals surface area contributed by atoms with Crippen molar-refractivity contribution in [2.45, 2.75) is 45.9 Å². The number of aromatic nitrogens is 4. The molecule has 0 radical (unpaired) electrons. The van der Waals surface area contributed by atoms with Crippen LogP contribution in [0.4, 0.5) is 10.1 Å². The van der Waals surface area contributed by atoms with Crippen LogP contribution in [0.3, 0.4) is 0 Å². The van der Waals surface area contributed by atoms with Gasteiger partial charge in [-0.25, -0.2) is 13.9 Å². The van der Waals surface area contributed by atoms with Crippen LogP contribution in [-0.4, -0.2) is 55.5 Å². The Bertz CT molecular complexity index is 1040. The first-order valence-electron chi connectivity index (χ1n) is 9.89. The maximum atomic E-state index is 14.0. The molecule has 0 fully saturated rings. The average molecular weight is 414 g/mol. The third-order valence-electron chi connectivity index (χ3n) is 4.68. The van der Waals surface area contributed by atoms with Crippen molar-refractivity contribution < 1.29 is 14.3 Å². The van der Waals surface area contributed by atoms with Crippen molar-refractivity contribution in [3.63, 3.8) is 0 Å². The van der Waals surface area contributed by atoms with Gasteiger partial charge >= 0.3 is 0 Å². The van der Waals surface area contributed by atoms with Crippen LogP contribution < -0.4 is 10.6 Å². The van der Waals surface area contributed by atoms with Crippen LogP contribution in [0.25, 0.3) is 16.9 Å². The van der Waals surface area contributed by atoms with Gasteiger partial charge in [0.15, 0.2) is 5.65 Å². The van der Waals surface area contributed by atoms with Crippen molar-refractivity contribution in [2.24, 2.45) is 0 Å². The van der Waals surface area contributed by atoms with Crippen molar-refractivity contribution in [2.75, 3.05) is 18.4 Å². The van der Waals surface area contributed by atoms with E-state index in [9.17, 15) is 14.3 Å². The molecule has 160 valence electrons. The van der Waals surface area contributed by atoms with E-state index in [-0.39, 0.29) is 6.54 Å². The summed E-state index contributed by atoms with van der Waals surface area (Å²) < 4.78 is 15.7. The molecule has 0 bridgehead atoms. The Morgan fingerprint density at radius 1 is 1.30 bits per heavy atom. The third kappa shape index (κ3) is 4.73. The lowest BCUT2D eigenvalue weighted by Crippen LogP contribution is -2.42. The van der Waals surface area contributed by atoms with Crippen molar-refractivity contribution >= 4 is 17.2 Å². The normalized spacial score (nSPS) is 12.7. The summed E-state index contributed by atoms with van der Waals surface area (Å²) >= 11 is 0. The average Bonchev–Trinajstić information content (AvgIpc) is 3.12. The molecule has 1 atom stereocenters. The Labute approximate surface area is 174 Å². The molecule has 3 heterocycles. The molecule has 0 aromatic carbocycles. The van der Waals surface area contributed by atoms with E-state index in [0.717, 1.165) is 17.5 Å². The highest BCUT2D eigenvalue weighted by Crippen LogP contribution is 2.26. The topological polar surface area (TPSA) is 104 Å². The maximum absolute atomic E-state index is 14.0. The quantitative estimate of drug-likeness (QED) is 0.524. The smallest absolute Gasteiger partial charge is 0.255 e. The summed E-state index contributed by atoms with van der Waals surface area (Å²) in [5.74, 6) is -0.465. The number of fused-ring (bicyclic) bond motifs is 1. The second-order valence-electron chi connectivity index (χ2n) is 7.83. The number of hydrogen-bond donors (Lipinski definition) is 3. The van der Waals surface area contributed by atoms with Crippen LogP contribution in [0.5, 0.6) is 0 Å². The molecular formula is C21H27FN6O2. The van der Waals surface area contributed by atoms with Crippen molar-refractivity contribution in [1.29, 1.82) is 0 Å². The van der Waals surface area contributed by atoms with Gasteiger partial charge in [-0.05, 0) is 38.8 Å². The molecule has 30 heavy (non-hydrogen) atoms. The number of halogens is 1. The van der Waals surface area contributed by atoms with E-state index in [0.29, 0.717) is 29.1 Å². The zero-order chi connectivity index (χ0) is 21.9. The molecule has 0 aliphatic heterocycles. The summed E-state index contributed by atoms with van der Waals surface area (Å²) in [6.45, 7) is 7.04. The van der Waals surface area contributed by atoms with Gasteiger partial charge in [-0.3, -0.25) is 9.78 Å². The van der Waals surface area contributed by atoms with Crippen molar-refractivity contribution in [1.82, 2.24) is 24.9 Å². The van der Waals surface area contributed by atoms with Crippen LogP contribution in [-0.2, 0) is 0 Å². The molecule has 0 aliphatic carbocycles. The Morgan fingerprint density at radius 2 is 2.07 bits per heavy atom. The number of nitrogens with one attached hydrogen (secondary N) is 2. The van der Waals surface area contributed by atoms with Gasteiger partial charge in [0.1, 0.15) is 6.17 Å². The van der Waals surface area contributed by atoms with Gasteiger partial charge in [0.05, 0.1) is 40.9 Å². The van der Waals surface area contributed by atoms with E-state index in [1.165, 1.54) is 20.0 Å². The first kappa shape index (κ1) is 21.6. The van der Waals surface area contributed by atoms with Crippen LogP contribution in [0.15, 0.2) is 30.9 Å². The molecule has 3 N–H and O–H groups in total. The molecule has 1 amide bonds. The summed E-state index contributed by atoms with van der Waals surface area (Å²) in [4.78, 5) is 21.5. The molecule has 0 spiro atoms. The second kappa shape index (κ2) is 8.74. The minimum atomic E-state index is -1.59. The zero-order valence-corrected chi connectivity index (χ0v) is 17.6. The molecular weight excluding hydrogens is 387 g/mol. The molecule has 0 aliphatic rings. The molecule has 3 aromatic rings. The lowest BCUT2D eigenvalue weighted by Gasteiger charge is -2.22. The number of carbonyl (C=O) groups excluding carboxylic acids is 1. The number of nitrogens with zero attached hydrogens (tertiary/aromatic N) is 4. The molecule has 9 heteroatoms. The first-order chi connectivity index (χ1) is 14.2. The number of aryl methyl sites for hydroxylation is 1. The van der Waals surface area contributed by atoms with E-state index >= 15 is 0 Å². The number of aliphatic hydroxyl groups is 1. The summed E-state index contributed by atoms with van der Waals surface area (Å²) in [6, 6.07) is 1.77. The summed E-state index contributed by atoms with van der Waals surface area (Å²) in [5.41, 5.74) is 2.37. The lowest BCUT2D eigenvalue weighted by molar-refractivity contribution is -0.00177. The highest BCUT2D eigenvalue weighted by molar-refractivity contribution is 6.00. The molecule has 1 unspecified atom stereocenters. The minimum absolute atomic E-state index is 0.297. The number of amides is 1. The predicted octanol–water partition coefficient (Wildman–Crippen LogP) is 2.76. The lowest BCUT2D eigenvalue weighted by atomic mass is 10.0. The standard InChI is InChI=1S/C21H27FN6O2/c1-5-6-23-17-7-16(14-10-27-28-12-13(2)8-25-19(14)28)24-9-15(17)20(29)26-11-18(22)21(3,4)30/h7-10,12,18,30H,5-6,11H2,1-4H3,(H,23,24)(H,26,29). The van der Waals surface area contributed by atoms with Crippen LogP contribution >= 0.6 is 0 Å². The molecule has 0 saturated carbocycles. The monoisotopic (exact) mass is 414 g/mol. The minimum Gasteiger partial charge on any atom is -0.387 e. The fraction of sp³-hybridized carbons (Fsp3) is 0.429. The number of anilines is 1. The van der Waals surface area contributed by atoms with Crippen LogP contribution in [0, 0.1) is 6.92 Å². The van der Waals surface area contributed by atoms with Crippen molar-refractivity contribution in [3.8, 4) is 11.3 Å². The predicted molar refractivity (Wildman–Crippen MR) is 113 cm³/mol. The Hall–Kier alpha value is -3.07. The summed E-state index contributed by atoms with van der Waals surface area (Å²) in [7, 11) is 0. The van der Waals surface area contributed by atoms with Crippen LogP contribution in [0.2, 0.25) is 0 Å². The molecule has 0 saturated heterocycles. The van der Waals surface area contributed by atoms with Gasteiger partial charge in [0, 0.05) is 25.1 Å². The van der Waals surface area contributed by atoms with Gasteiger partial charge in [-0.15, -0.1) is 0 Å². The van der Waals surface area contributed by atoms with E-state index in [1.807, 2.05) is 20.0 Å². The molecule has 3 rings (SSSR count). The summed E-state index contributed by atoms with van der Waals surface area (Å²) in [6.07, 6.45) is 6.05. The maximum Gasteiger partial charge on any atom is 0.255 e. The number of pyridine rings is 1. The Morgan fingerprint density at radius 3 is 2.77 bits per heavy atom. The highest BCUT2D eigenvalue weighted by Gasteiger charge is 2.27. The SMILES string of the molecule is CCCNc1cc(-c2cnn3cc(C)cnc23)ncc1C(=O)NCC(F)C(C)(C)O. The van der Waals surface area contributed by atoms with Gasteiger partial charge in [-0.2, -0.15) is 5.10 Å². The van der Waals surface area contributed by atoms with Gasteiger partial charge in [0.2, 0.25) is 0 Å². The van der Waals surface area contributed by atoms with Crippen LogP contribution in [0.1, 0.15) is 43.1 Å². The number of hydrogen-bond acceptors (Lipinski definition) is 6. The largest absolute Gasteiger partial charge is 0.387 e. The fourth-order valence-corrected chi connectivity index (χ4v) is 2.87. The van der Waals surface area contributed by atoms with E-state index in [1.54, 1.807) is 23.0 Å². The zero-order valence-electron chi connectivity index (χ0n) is 17.6. The van der Waals surface area contributed by atoms with E-state index in [2.05, 4.69) is 25.7 Å². The van der Waals surface area contributed by atoms with E-state index in [4.69, 9.17) is 0 Å². The Balaban J connectivity index is 1.90. The fourth-order valence-electron chi connectivity index (χ4n) is 2.87.